The average molecular weight is 338 g/mol. The van der Waals surface area contributed by atoms with E-state index in [9.17, 15) is 9.18 Å². The van der Waals surface area contributed by atoms with Gasteiger partial charge in [0.05, 0.1) is 16.6 Å². The number of carbonyl (C=O) groups excluding carboxylic acids is 1. The summed E-state index contributed by atoms with van der Waals surface area (Å²) in [5, 5.41) is 2.76. The summed E-state index contributed by atoms with van der Waals surface area (Å²) < 4.78 is 18.7. The molecule has 0 saturated heterocycles. The van der Waals surface area contributed by atoms with Crippen LogP contribution in [0, 0.1) is 5.82 Å². The lowest BCUT2D eigenvalue weighted by Gasteiger charge is -2.11. The van der Waals surface area contributed by atoms with Crippen molar-refractivity contribution < 1.29 is 13.9 Å². The van der Waals surface area contributed by atoms with Crippen LogP contribution in [-0.4, -0.2) is 13.0 Å². The molecule has 5 heteroatoms. The highest BCUT2D eigenvalue weighted by molar-refractivity contribution is 9.10. The van der Waals surface area contributed by atoms with E-state index >= 15 is 0 Å². The monoisotopic (exact) mass is 337 g/mol. The molecule has 0 spiro atoms. The highest BCUT2D eigenvalue weighted by Gasteiger charge is 2.14. The molecule has 2 aromatic carbocycles. The zero-order chi connectivity index (χ0) is 14.5. The lowest BCUT2D eigenvalue weighted by molar-refractivity contribution is 0.102. The molecular weight excluding hydrogens is 325 g/mol. The van der Waals surface area contributed by atoms with Crippen LogP contribution >= 0.6 is 15.9 Å². The van der Waals surface area contributed by atoms with Crippen molar-refractivity contribution in [1.29, 1.82) is 0 Å². The maximum Gasteiger partial charge on any atom is 0.256 e. The lowest BCUT2D eigenvalue weighted by Crippen LogP contribution is -2.14. The maximum absolute atomic E-state index is 13.4. The Hall–Kier alpha value is -1.72. The lowest BCUT2D eigenvalue weighted by atomic mass is 10.1. The Morgan fingerprint density at radius 2 is 2.00 bits per heavy atom. The summed E-state index contributed by atoms with van der Waals surface area (Å²) in [6, 6.07) is 11.7. The van der Waals surface area contributed by atoms with Crippen LogP contribution in [-0.2, 0) is 11.3 Å². The molecule has 0 aliphatic rings. The van der Waals surface area contributed by atoms with Gasteiger partial charge in [-0.1, -0.05) is 24.3 Å². The molecule has 0 bridgehead atoms. The quantitative estimate of drug-likeness (QED) is 0.916. The van der Waals surface area contributed by atoms with E-state index in [-0.39, 0.29) is 15.9 Å². The largest absolute Gasteiger partial charge is 0.380 e. The molecule has 104 valence electrons. The second-order valence-corrected chi connectivity index (χ2v) is 4.94. The Bertz CT molecular complexity index is 631. The minimum Gasteiger partial charge on any atom is -0.380 e. The van der Waals surface area contributed by atoms with E-state index in [0.29, 0.717) is 12.3 Å². The van der Waals surface area contributed by atoms with Crippen molar-refractivity contribution in [1.82, 2.24) is 0 Å². The molecule has 2 rings (SSSR count). The van der Waals surface area contributed by atoms with Crippen molar-refractivity contribution in [3.8, 4) is 0 Å². The minimum atomic E-state index is -0.470. The second-order valence-electron chi connectivity index (χ2n) is 4.15. The van der Waals surface area contributed by atoms with Gasteiger partial charge in [0.15, 0.2) is 0 Å². The topological polar surface area (TPSA) is 38.3 Å². The van der Waals surface area contributed by atoms with Crippen molar-refractivity contribution in [2.45, 2.75) is 6.61 Å². The fraction of sp³-hybridized carbons (Fsp3) is 0.133. The van der Waals surface area contributed by atoms with Crippen LogP contribution in [0.4, 0.5) is 10.1 Å². The second kappa shape index (κ2) is 6.63. The minimum absolute atomic E-state index is 0.154. The van der Waals surface area contributed by atoms with Gasteiger partial charge in [0, 0.05) is 18.4 Å². The van der Waals surface area contributed by atoms with Gasteiger partial charge in [-0.25, -0.2) is 4.39 Å². The van der Waals surface area contributed by atoms with E-state index < -0.39 is 5.82 Å². The first-order chi connectivity index (χ1) is 9.63. The van der Waals surface area contributed by atoms with Gasteiger partial charge in [-0.2, -0.15) is 0 Å². The normalized spacial score (nSPS) is 10.3. The van der Waals surface area contributed by atoms with Gasteiger partial charge in [-0.05, 0) is 34.1 Å². The van der Waals surface area contributed by atoms with E-state index in [1.54, 1.807) is 19.2 Å². The third-order valence-electron chi connectivity index (χ3n) is 2.76. The molecule has 0 unspecified atom stereocenters. The first-order valence-corrected chi connectivity index (χ1v) is 6.75. The Morgan fingerprint density at radius 1 is 1.25 bits per heavy atom. The molecular formula is C15H13BrFNO2. The van der Waals surface area contributed by atoms with E-state index in [0.717, 1.165) is 5.56 Å². The van der Waals surface area contributed by atoms with Crippen molar-refractivity contribution in [3.05, 3.63) is 63.9 Å². The Kier molecular flexibility index (Phi) is 4.87. The number of hydrogen-bond donors (Lipinski definition) is 1. The van der Waals surface area contributed by atoms with E-state index in [1.165, 1.54) is 12.1 Å². The van der Waals surface area contributed by atoms with Crippen LogP contribution in [0.15, 0.2) is 46.9 Å². The fourth-order valence-corrected chi connectivity index (χ4v) is 2.24. The number of hydrogen-bond acceptors (Lipinski definition) is 2. The summed E-state index contributed by atoms with van der Waals surface area (Å²) in [5.74, 6) is -0.845. The van der Waals surface area contributed by atoms with Gasteiger partial charge >= 0.3 is 0 Å². The van der Waals surface area contributed by atoms with Crippen molar-refractivity contribution in [2.75, 3.05) is 12.4 Å². The summed E-state index contributed by atoms with van der Waals surface area (Å²) in [5.41, 5.74) is 1.75. The molecule has 0 heterocycles. The van der Waals surface area contributed by atoms with Crippen molar-refractivity contribution in [3.63, 3.8) is 0 Å². The molecule has 20 heavy (non-hydrogen) atoms. The molecule has 0 aromatic heterocycles. The standard InChI is InChI=1S/C15H13BrFNO2/c1-20-9-10-5-2-3-8-13(10)18-15(19)11-6-4-7-12(17)14(11)16/h2-8H,9H2,1H3,(H,18,19). The average Bonchev–Trinajstić information content (AvgIpc) is 2.44. The van der Waals surface area contributed by atoms with E-state index in [1.807, 2.05) is 18.2 Å². The molecule has 3 nitrogen and oxygen atoms in total. The summed E-state index contributed by atoms with van der Waals surface area (Å²) in [4.78, 5) is 12.2. The van der Waals surface area contributed by atoms with E-state index in [4.69, 9.17) is 4.74 Å². The van der Waals surface area contributed by atoms with Crippen LogP contribution in [0.2, 0.25) is 0 Å². The predicted molar refractivity (Wildman–Crippen MR) is 79.2 cm³/mol. The molecule has 1 amide bonds. The van der Waals surface area contributed by atoms with Crippen molar-refractivity contribution in [2.24, 2.45) is 0 Å². The van der Waals surface area contributed by atoms with E-state index in [2.05, 4.69) is 21.2 Å². The Morgan fingerprint density at radius 3 is 2.75 bits per heavy atom. The molecule has 0 aliphatic heterocycles. The first kappa shape index (κ1) is 14.7. The number of carbonyl (C=O) groups is 1. The predicted octanol–water partition coefficient (Wildman–Crippen LogP) is 3.99. The Labute approximate surface area is 124 Å². The molecule has 0 fully saturated rings. The van der Waals surface area contributed by atoms with Crippen LogP contribution in [0.1, 0.15) is 15.9 Å². The summed E-state index contributed by atoms with van der Waals surface area (Å²) in [6.45, 7) is 0.390. The maximum atomic E-state index is 13.4. The molecule has 0 aliphatic carbocycles. The van der Waals surface area contributed by atoms with Gasteiger partial charge in [-0.15, -0.1) is 0 Å². The number of ether oxygens (including phenoxy) is 1. The SMILES string of the molecule is COCc1ccccc1NC(=O)c1cccc(F)c1Br. The Balaban J connectivity index is 2.26. The van der Waals surface area contributed by atoms with Gasteiger partial charge < -0.3 is 10.1 Å². The molecule has 0 radical (unpaired) electrons. The highest BCUT2D eigenvalue weighted by atomic mass is 79.9. The molecule has 1 N–H and O–H groups in total. The number of halogens is 2. The van der Waals surface area contributed by atoms with Crippen LogP contribution in [0.3, 0.4) is 0 Å². The van der Waals surface area contributed by atoms with Gasteiger partial charge in [0.1, 0.15) is 5.82 Å². The number of nitrogens with one attached hydrogen (secondary N) is 1. The third kappa shape index (κ3) is 3.23. The van der Waals surface area contributed by atoms with Gasteiger partial charge in [0.2, 0.25) is 0 Å². The van der Waals surface area contributed by atoms with Crippen molar-refractivity contribution >= 4 is 27.5 Å². The zero-order valence-corrected chi connectivity index (χ0v) is 12.4. The number of para-hydroxylation sites is 1. The zero-order valence-electron chi connectivity index (χ0n) is 10.8. The van der Waals surface area contributed by atoms with Crippen LogP contribution < -0.4 is 5.32 Å². The highest BCUT2D eigenvalue weighted by Crippen LogP contribution is 2.23. The molecule has 0 saturated carbocycles. The molecule has 0 atom stereocenters. The number of rotatable bonds is 4. The first-order valence-electron chi connectivity index (χ1n) is 5.95. The third-order valence-corrected chi connectivity index (χ3v) is 3.57. The number of amides is 1. The number of anilines is 1. The summed E-state index contributed by atoms with van der Waals surface area (Å²) in [7, 11) is 1.59. The molecule has 2 aromatic rings. The van der Waals surface area contributed by atoms with Crippen LogP contribution in [0.5, 0.6) is 0 Å². The fourth-order valence-electron chi connectivity index (χ4n) is 1.79. The number of benzene rings is 2. The van der Waals surface area contributed by atoms with Crippen LogP contribution in [0.25, 0.3) is 0 Å². The summed E-state index contributed by atoms with van der Waals surface area (Å²) >= 11 is 3.08. The van der Waals surface area contributed by atoms with Gasteiger partial charge in [0.25, 0.3) is 5.91 Å². The number of methoxy groups -OCH3 is 1. The summed E-state index contributed by atoms with van der Waals surface area (Å²) in [6.07, 6.45) is 0. The smallest absolute Gasteiger partial charge is 0.256 e. The van der Waals surface area contributed by atoms with Gasteiger partial charge in [-0.3, -0.25) is 4.79 Å².